The van der Waals surface area contributed by atoms with E-state index in [4.69, 9.17) is 5.11 Å². The van der Waals surface area contributed by atoms with Gasteiger partial charge in [-0.15, -0.1) is 0 Å². The van der Waals surface area contributed by atoms with Gasteiger partial charge in [-0.2, -0.15) is 0 Å². The van der Waals surface area contributed by atoms with Crippen LogP contribution in [0.4, 0.5) is 0 Å². The Balaban J connectivity index is 2.44. The van der Waals surface area contributed by atoms with E-state index >= 15 is 0 Å². The number of amides is 1. The predicted molar refractivity (Wildman–Crippen MR) is 70.0 cm³/mol. The van der Waals surface area contributed by atoms with Crippen molar-refractivity contribution in [1.29, 1.82) is 0 Å². The molecule has 1 aromatic carbocycles. The van der Waals surface area contributed by atoms with Gasteiger partial charge in [-0.05, 0) is 13.8 Å². The lowest BCUT2D eigenvalue weighted by molar-refractivity contribution is -0.141. The summed E-state index contributed by atoms with van der Waals surface area (Å²) in [7, 11) is 0. The maximum Gasteiger partial charge on any atom is 0.325 e. The van der Waals surface area contributed by atoms with Gasteiger partial charge in [-0.25, -0.2) is 0 Å². The molecule has 5 heteroatoms. The summed E-state index contributed by atoms with van der Waals surface area (Å²) in [5.74, 6) is -1.66. The van der Waals surface area contributed by atoms with Crippen LogP contribution in [0.3, 0.4) is 0 Å². The number of Topliss-reactive ketones (excluding diaryl/α,β-unsaturated/α-hetero) is 1. The van der Waals surface area contributed by atoms with Gasteiger partial charge >= 0.3 is 5.97 Å². The van der Waals surface area contributed by atoms with Crippen LogP contribution in [0, 0.1) is 6.92 Å². The highest BCUT2D eigenvalue weighted by Crippen LogP contribution is 2.07. The van der Waals surface area contributed by atoms with E-state index in [9.17, 15) is 14.4 Å². The molecule has 1 atom stereocenters. The minimum Gasteiger partial charge on any atom is -0.480 e. The van der Waals surface area contributed by atoms with Crippen LogP contribution >= 0.6 is 0 Å². The van der Waals surface area contributed by atoms with Gasteiger partial charge in [0.15, 0.2) is 5.78 Å². The van der Waals surface area contributed by atoms with Gasteiger partial charge in [0.1, 0.15) is 6.04 Å². The molecular weight excluding hydrogens is 246 g/mol. The third kappa shape index (κ3) is 4.91. The third-order valence-electron chi connectivity index (χ3n) is 2.70. The van der Waals surface area contributed by atoms with Gasteiger partial charge in [-0.3, -0.25) is 14.4 Å². The lowest BCUT2D eigenvalue weighted by Gasteiger charge is -2.08. The third-order valence-corrected chi connectivity index (χ3v) is 2.70. The number of hydrogen-bond donors (Lipinski definition) is 2. The van der Waals surface area contributed by atoms with E-state index in [1.54, 1.807) is 12.1 Å². The first-order valence-electron chi connectivity index (χ1n) is 6.02. The van der Waals surface area contributed by atoms with Gasteiger partial charge in [0.25, 0.3) is 0 Å². The predicted octanol–water partition coefficient (Wildman–Crippen LogP) is 1.55. The largest absolute Gasteiger partial charge is 0.480 e. The fourth-order valence-electron chi connectivity index (χ4n) is 1.49. The van der Waals surface area contributed by atoms with Crippen molar-refractivity contribution in [3.8, 4) is 0 Å². The normalized spacial score (nSPS) is 11.7. The van der Waals surface area contributed by atoms with Gasteiger partial charge in [0.2, 0.25) is 5.91 Å². The number of carboxylic acid groups (broad SMARTS) is 1. The smallest absolute Gasteiger partial charge is 0.325 e. The number of carbonyl (C=O) groups is 3. The SMILES string of the molecule is Cc1ccc(C(=O)CCC(=O)NC(C)C(=O)O)cc1. The monoisotopic (exact) mass is 263 g/mol. The highest BCUT2D eigenvalue weighted by molar-refractivity contribution is 5.98. The summed E-state index contributed by atoms with van der Waals surface area (Å²) < 4.78 is 0. The van der Waals surface area contributed by atoms with Crippen LogP contribution < -0.4 is 5.32 Å². The molecule has 0 spiro atoms. The number of ketones is 1. The van der Waals surface area contributed by atoms with Crippen LogP contribution in [-0.2, 0) is 9.59 Å². The Bertz CT molecular complexity index is 479. The lowest BCUT2D eigenvalue weighted by Crippen LogP contribution is -2.38. The zero-order valence-electron chi connectivity index (χ0n) is 11.0. The highest BCUT2D eigenvalue weighted by Gasteiger charge is 2.15. The molecule has 2 N–H and O–H groups in total. The number of aryl methyl sites for hydroxylation is 1. The van der Waals surface area contributed by atoms with Gasteiger partial charge in [0, 0.05) is 18.4 Å². The Kier molecular flexibility index (Phi) is 5.23. The Morgan fingerprint density at radius 3 is 2.26 bits per heavy atom. The number of carboxylic acids is 1. The van der Waals surface area contributed by atoms with Crippen molar-refractivity contribution in [3.05, 3.63) is 35.4 Å². The van der Waals surface area contributed by atoms with Crippen molar-refractivity contribution in [2.75, 3.05) is 0 Å². The molecule has 0 bridgehead atoms. The summed E-state index contributed by atoms with van der Waals surface area (Å²) in [5.41, 5.74) is 1.62. The molecule has 1 rings (SSSR count). The zero-order valence-corrected chi connectivity index (χ0v) is 11.0. The number of hydrogen-bond acceptors (Lipinski definition) is 3. The second kappa shape index (κ2) is 6.68. The Labute approximate surface area is 111 Å². The molecule has 0 aliphatic carbocycles. The molecule has 0 aliphatic rings. The van der Waals surface area contributed by atoms with Crippen molar-refractivity contribution in [2.45, 2.75) is 32.7 Å². The number of aliphatic carboxylic acids is 1. The van der Waals surface area contributed by atoms with E-state index in [0.29, 0.717) is 5.56 Å². The van der Waals surface area contributed by atoms with Crippen LogP contribution in [0.1, 0.15) is 35.7 Å². The zero-order chi connectivity index (χ0) is 14.4. The summed E-state index contributed by atoms with van der Waals surface area (Å²) in [6.07, 6.45) is 0.0611. The number of benzene rings is 1. The average Bonchev–Trinajstić information content (AvgIpc) is 2.36. The lowest BCUT2D eigenvalue weighted by atomic mass is 10.0. The van der Waals surface area contributed by atoms with Crippen LogP contribution in [0.2, 0.25) is 0 Å². The fourth-order valence-corrected chi connectivity index (χ4v) is 1.49. The van der Waals surface area contributed by atoms with E-state index in [2.05, 4.69) is 5.32 Å². The van der Waals surface area contributed by atoms with Crippen LogP contribution in [-0.4, -0.2) is 28.8 Å². The van der Waals surface area contributed by atoms with Crippen LogP contribution in [0.5, 0.6) is 0 Å². The van der Waals surface area contributed by atoms with E-state index in [1.165, 1.54) is 6.92 Å². The molecule has 0 radical (unpaired) electrons. The molecule has 0 fully saturated rings. The molecule has 102 valence electrons. The first-order valence-corrected chi connectivity index (χ1v) is 6.02. The fraction of sp³-hybridized carbons (Fsp3) is 0.357. The Hall–Kier alpha value is -2.17. The molecule has 0 saturated carbocycles. The first-order chi connectivity index (χ1) is 8.90. The number of carbonyl (C=O) groups excluding carboxylic acids is 2. The quantitative estimate of drug-likeness (QED) is 0.763. The summed E-state index contributed by atoms with van der Waals surface area (Å²) >= 11 is 0. The standard InChI is InChI=1S/C14H17NO4/c1-9-3-5-11(6-4-9)12(16)7-8-13(17)15-10(2)14(18)19/h3-6,10H,7-8H2,1-2H3,(H,15,17)(H,18,19). The van der Waals surface area contributed by atoms with E-state index in [1.807, 2.05) is 19.1 Å². The molecular formula is C14H17NO4. The van der Waals surface area contributed by atoms with Gasteiger partial charge in [0.05, 0.1) is 0 Å². The minimum absolute atomic E-state index is 0.00959. The number of rotatable bonds is 6. The van der Waals surface area contributed by atoms with Crippen molar-refractivity contribution < 1.29 is 19.5 Å². The van der Waals surface area contributed by atoms with Crippen LogP contribution in [0.15, 0.2) is 24.3 Å². The summed E-state index contributed by atoms with van der Waals surface area (Å²) in [6.45, 7) is 3.30. The summed E-state index contributed by atoms with van der Waals surface area (Å²) in [5, 5.41) is 10.9. The Morgan fingerprint density at radius 1 is 1.16 bits per heavy atom. The van der Waals surface area contributed by atoms with Gasteiger partial charge < -0.3 is 10.4 Å². The van der Waals surface area contributed by atoms with E-state index < -0.39 is 17.9 Å². The molecule has 1 amide bonds. The highest BCUT2D eigenvalue weighted by atomic mass is 16.4. The summed E-state index contributed by atoms with van der Waals surface area (Å²) in [6, 6.07) is 6.16. The molecule has 0 saturated heterocycles. The maximum absolute atomic E-state index is 11.8. The van der Waals surface area contributed by atoms with E-state index in [-0.39, 0.29) is 18.6 Å². The van der Waals surface area contributed by atoms with E-state index in [0.717, 1.165) is 5.56 Å². The van der Waals surface area contributed by atoms with Crippen molar-refractivity contribution in [3.63, 3.8) is 0 Å². The van der Waals surface area contributed by atoms with Crippen molar-refractivity contribution in [2.24, 2.45) is 0 Å². The molecule has 1 aromatic rings. The van der Waals surface area contributed by atoms with Crippen LogP contribution in [0.25, 0.3) is 0 Å². The molecule has 0 aromatic heterocycles. The van der Waals surface area contributed by atoms with Crippen molar-refractivity contribution >= 4 is 17.7 Å². The topological polar surface area (TPSA) is 83.5 Å². The van der Waals surface area contributed by atoms with Crippen molar-refractivity contribution in [1.82, 2.24) is 5.32 Å². The molecule has 1 unspecified atom stereocenters. The minimum atomic E-state index is -1.10. The average molecular weight is 263 g/mol. The van der Waals surface area contributed by atoms with Gasteiger partial charge in [-0.1, -0.05) is 29.8 Å². The molecule has 0 heterocycles. The summed E-state index contributed by atoms with van der Waals surface area (Å²) in [4.78, 5) is 33.7. The molecule has 0 aliphatic heterocycles. The molecule has 5 nitrogen and oxygen atoms in total. The molecule has 19 heavy (non-hydrogen) atoms. The second-order valence-electron chi connectivity index (χ2n) is 4.42. The second-order valence-corrected chi connectivity index (χ2v) is 4.42. The number of nitrogens with one attached hydrogen (secondary N) is 1. The Morgan fingerprint density at radius 2 is 1.74 bits per heavy atom. The first kappa shape index (κ1) is 14.9. The maximum atomic E-state index is 11.8.